The van der Waals surface area contributed by atoms with E-state index in [-0.39, 0.29) is 11.3 Å². The van der Waals surface area contributed by atoms with Crippen LogP contribution in [0.5, 0.6) is 0 Å². The Bertz CT molecular complexity index is 373. The first kappa shape index (κ1) is 13.8. The lowest BCUT2D eigenvalue weighted by molar-refractivity contribution is -0.138. The molecule has 0 fully saturated rings. The molecule has 1 aromatic rings. The minimum atomic E-state index is -0.307. The van der Waals surface area contributed by atoms with Crippen LogP contribution in [-0.2, 0) is 17.8 Å². The number of rotatable bonds is 3. The number of carbonyl (C=O) groups is 1. The average molecular weight is 233 g/mol. The predicted octanol–water partition coefficient (Wildman–Crippen LogP) is 3.25. The van der Waals surface area contributed by atoms with Gasteiger partial charge in [-0.15, -0.1) is 0 Å². The molecule has 0 bridgehead atoms. The number of hydrogen-bond donors (Lipinski definition) is 0. The molecular formula is C15H23NO. The Kier molecular flexibility index (Phi) is 4.33. The molecule has 0 heterocycles. The fourth-order valence-electron chi connectivity index (χ4n) is 1.80. The summed E-state index contributed by atoms with van der Waals surface area (Å²) in [6.07, 6.45) is 1.05. The molecule has 2 heteroatoms. The van der Waals surface area contributed by atoms with Gasteiger partial charge in [-0.2, -0.15) is 0 Å². The number of amides is 1. The lowest BCUT2D eigenvalue weighted by Crippen LogP contribution is -2.36. The Morgan fingerprint density at radius 3 is 2.00 bits per heavy atom. The Morgan fingerprint density at radius 1 is 1.12 bits per heavy atom. The van der Waals surface area contributed by atoms with Gasteiger partial charge in [-0.25, -0.2) is 0 Å². The van der Waals surface area contributed by atoms with Gasteiger partial charge in [0.1, 0.15) is 0 Å². The Labute approximate surface area is 105 Å². The SMILES string of the molecule is CCc1ccc(CN(C)C(=O)C(C)(C)C)cc1. The predicted molar refractivity (Wildman–Crippen MR) is 71.7 cm³/mol. The smallest absolute Gasteiger partial charge is 0.227 e. The molecule has 0 aliphatic carbocycles. The second kappa shape index (κ2) is 5.35. The summed E-state index contributed by atoms with van der Waals surface area (Å²) < 4.78 is 0. The van der Waals surface area contributed by atoms with Crippen molar-refractivity contribution in [3.63, 3.8) is 0 Å². The van der Waals surface area contributed by atoms with E-state index in [0.29, 0.717) is 6.54 Å². The fourth-order valence-corrected chi connectivity index (χ4v) is 1.80. The van der Waals surface area contributed by atoms with Crippen LogP contribution in [0.4, 0.5) is 0 Å². The van der Waals surface area contributed by atoms with E-state index < -0.39 is 0 Å². The molecule has 0 aliphatic heterocycles. The second-order valence-corrected chi connectivity index (χ2v) is 5.58. The number of carbonyl (C=O) groups excluding carboxylic acids is 1. The van der Waals surface area contributed by atoms with Crippen LogP contribution in [0.3, 0.4) is 0 Å². The van der Waals surface area contributed by atoms with Crippen molar-refractivity contribution in [3.8, 4) is 0 Å². The first-order chi connectivity index (χ1) is 7.84. The molecule has 0 saturated carbocycles. The van der Waals surface area contributed by atoms with E-state index in [1.54, 1.807) is 4.90 Å². The van der Waals surface area contributed by atoms with Crippen molar-refractivity contribution in [2.45, 2.75) is 40.7 Å². The van der Waals surface area contributed by atoms with Crippen LogP contribution in [0.15, 0.2) is 24.3 Å². The van der Waals surface area contributed by atoms with Crippen molar-refractivity contribution in [3.05, 3.63) is 35.4 Å². The molecule has 94 valence electrons. The summed E-state index contributed by atoms with van der Waals surface area (Å²) >= 11 is 0. The maximum atomic E-state index is 12.0. The Balaban J connectivity index is 2.68. The zero-order valence-corrected chi connectivity index (χ0v) is 11.6. The number of aryl methyl sites for hydroxylation is 1. The second-order valence-electron chi connectivity index (χ2n) is 5.58. The third kappa shape index (κ3) is 3.88. The van der Waals surface area contributed by atoms with Crippen molar-refractivity contribution in [2.75, 3.05) is 7.05 Å². The molecule has 0 saturated heterocycles. The summed E-state index contributed by atoms with van der Waals surface area (Å²) in [7, 11) is 1.86. The highest BCUT2D eigenvalue weighted by Gasteiger charge is 2.24. The molecule has 17 heavy (non-hydrogen) atoms. The summed E-state index contributed by atoms with van der Waals surface area (Å²) in [5.41, 5.74) is 2.21. The van der Waals surface area contributed by atoms with E-state index in [9.17, 15) is 4.79 Å². The van der Waals surface area contributed by atoms with E-state index in [1.165, 1.54) is 11.1 Å². The van der Waals surface area contributed by atoms with E-state index in [0.717, 1.165) is 6.42 Å². The van der Waals surface area contributed by atoms with Crippen molar-refractivity contribution in [1.82, 2.24) is 4.90 Å². The molecule has 1 rings (SSSR count). The van der Waals surface area contributed by atoms with Crippen LogP contribution >= 0.6 is 0 Å². The summed E-state index contributed by atoms with van der Waals surface area (Å²) in [5, 5.41) is 0. The maximum absolute atomic E-state index is 12.0. The molecule has 0 aromatic heterocycles. The monoisotopic (exact) mass is 233 g/mol. The van der Waals surface area contributed by atoms with E-state index in [2.05, 4.69) is 31.2 Å². The van der Waals surface area contributed by atoms with Crippen molar-refractivity contribution >= 4 is 5.91 Å². The van der Waals surface area contributed by atoms with E-state index in [4.69, 9.17) is 0 Å². The number of benzene rings is 1. The fraction of sp³-hybridized carbons (Fsp3) is 0.533. The van der Waals surface area contributed by atoms with Crippen molar-refractivity contribution < 1.29 is 4.79 Å². The largest absolute Gasteiger partial charge is 0.341 e. The zero-order chi connectivity index (χ0) is 13.1. The lowest BCUT2D eigenvalue weighted by atomic mass is 9.95. The van der Waals surface area contributed by atoms with Gasteiger partial charge in [0.15, 0.2) is 0 Å². The summed E-state index contributed by atoms with van der Waals surface area (Å²) in [6, 6.07) is 8.46. The average Bonchev–Trinajstić information content (AvgIpc) is 2.27. The van der Waals surface area contributed by atoms with Gasteiger partial charge >= 0.3 is 0 Å². The summed E-state index contributed by atoms with van der Waals surface area (Å²) in [6.45, 7) is 8.68. The van der Waals surface area contributed by atoms with Gasteiger partial charge in [0.25, 0.3) is 0 Å². The molecular weight excluding hydrogens is 210 g/mol. The molecule has 0 atom stereocenters. The normalized spacial score (nSPS) is 11.4. The minimum Gasteiger partial charge on any atom is -0.341 e. The molecule has 1 aromatic carbocycles. The van der Waals surface area contributed by atoms with Crippen LogP contribution in [0, 0.1) is 5.41 Å². The first-order valence-corrected chi connectivity index (χ1v) is 6.18. The standard InChI is InChI=1S/C15H23NO/c1-6-12-7-9-13(10-8-12)11-16(5)14(17)15(2,3)4/h7-10H,6,11H2,1-5H3. The number of hydrogen-bond acceptors (Lipinski definition) is 1. The lowest BCUT2D eigenvalue weighted by Gasteiger charge is -2.26. The van der Waals surface area contributed by atoms with Crippen LogP contribution < -0.4 is 0 Å². The zero-order valence-electron chi connectivity index (χ0n) is 11.6. The van der Waals surface area contributed by atoms with E-state index >= 15 is 0 Å². The molecule has 2 nitrogen and oxygen atoms in total. The van der Waals surface area contributed by atoms with Gasteiger partial charge < -0.3 is 4.90 Å². The van der Waals surface area contributed by atoms with Crippen LogP contribution in [0.25, 0.3) is 0 Å². The summed E-state index contributed by atoms with van der Waals surface area (Å²) in [5.74, 6) is 0.178. The topological polar surface area (TPSA) is 20.3 Å². The molecule has 0 aliphatic rings. The Hall–Kier alpha value is -1.31. The van der Waals surface area contributed by atoms with Crippen molar-refractivity contribution in [1.29, 1.82) is 0 Å². The highest BCUT2D eigenvalue weighted by Crippen LogP contribution is 2.18. The molecule has 0 spiro atoms. The third-order valence-electron chi connectivity index (χ3n) is 2.84. The van der Waals surface area contributed by atoms with Crippen LogP contribution in [0.2, 0.25) is 0 Å². The molecule has 0 radical (unpaired) electrons. The van der Waals surface area contributed by atoms with Gasteiger partial charge in [-0.3, -0.25) is 4.79 Å². The summed E-state index contributed by atoms with van der Waals surface area (Å²) in [4.78, 5) is 13.8. The highest BCUT2D eigenvalue weighted by molar-refractivity contribution is 5.81. The van der Waals surface area contributed by atoms with Crippen molar-refractivity contribution in [2.24, 2.45) is 5.41 Å². The van der Waals surface area contributed by atoms with Crippen LogP contribution in [0.1, 0.15) is 38.8 Å². The quantitative estimate of drug-likeness (QED) is 0.784. The van der Waals surface area contributed by atoms with E-state index in [1.807, 2.05) is 27.8 Å². The Morgan fingerprint density at radius 2 is 1.59 bits per heavy atom. The molecule has 1 amide bonds. The van der Waals surface area contributed by atoms with Gasteiger partial charge in [0.2, 0.25) is 5.91 Å². The minimum absolute atomic E-state index is 0.178. The number of nitrogens with zero attached hydrogens (tertiary/aromatic N) is 1. The first-order valence-electron chi connectivity index (χ1n) is 6.18. The molecule has 0 unspecified atom stereocenters. The van der Waals surface area contributed by atoms with Gasteiger partial charge in [-0.1, -0.05) is 52.0 Å². The highest BCUT2D eigenvalue weighted by atomic mass is 16.2. The molecule has 0 N–H and O–H groups in total. The van der Waals surface area contributed by atoms with Gasteiger partial charge in [-0.05, 0) is 17.5 Å². The van der Waals surface area contributed by atoms with Gasteiger partial charge in [0.05, 0.1) is 0 Å². The van der Waals surface area contributed by atoms with Gasteiger partial charge in [0, 0.05) is 19.0 Å². The van der Waals surface area contributed by atoms with Crippen LogP contribution in [-0.4, -0.2) is 17.9 Å². The third-order valence-corrected chi connectivity index (χ3v) is 2.84. The maximum Gasteiger partial charge on any atom is 0.227 e.